The number of benzene rings is 2. The number of carbonyl (C=O) groups is 1. The molecule has 0 fully saturated rings. The number of amides is 1. The van der Waals surface area contributed by atoms with E-state index < -0.39 is 10.0 Å². The zero-order chi connectivity index (χ0) is 18.0. The van der Waals surface area contributed by atoms with Crippen molar-refractivity contribution >= 4 is 33.2 Å². The van der Waals surface area contributed by atoms with Crippen LogP contribution in [-0.4, -0.2) is 20.6 Å². The molecule has 0 saturated carbocycles. The molecule has 1 aliphatic rings. The molecule has 0 radical (unpaired) electrons. The SMILES string of the molecule is CS(=O)(=O)Nc1ccc(Cl)c(C(=O)NC2CCCc3ccccc32)c1. The van der Waals surface area contributed by atoms with Crippen LogP contribution in [0.1, 0.15) is 40.4 Å². The van der Waals surface area contributed by atoms with Crippen molar-refractivity contribution in [1.29, 1.82) is 0 Å². The summed E-state index contributed by atoms with van der Waals surface area (Å²) in [5, 5.41) is 3.30. The summed E-state index contributed by atoms with van der Waals surface area (Å²) in [5.74, 6) is -0.316. The lowest BCUT2D eigenvalue weighted by atomic mass is 9.87. The van der Waals surface area contributed by atoms with Gasteiger partial charge in [-0.05, 0) is 48.6 Å². The third-order valence-corrected chi connectivity index (χ3v) is 5.13. The predicted octanol–water partition coefficient (Wildman–Crippen LogP) is 3.52. The van der Waals surface area contributed by atoms with Gasteiger partial charge in [0.1, 0.15) is 0 Å². The Bertz CT molecular complexity index is 912. The first-order valence-electron chi connectivity index (χ1n) is 7.99. The van der Waals surface area contributed by atoms with Crippen molar-refractivity contribution in [1.82, 2.24) is 5.32 Å². The second kappa shape index (κ2) is 7.06. The van der Waals surface area contributed by atoms with E-state index in [2.05, 4.69) is 16.1 Å². The van der Waals surface area contributed by atoms with Gasteiger partial charge in [-0.2, -0.15) is 0 Å². The molecule has 7 heteroatoms. The first-order chi connectivity index (χ1) is 11.8. The van der Waals surface area contributed by atoms with Gasteiger partial charge in [0.2, 0.25) is 10.0 Å². The molecule has 1 unspecified atom stereocenters. The summed E-state index contributed by atoms with van der Waals surface area (Å²) in [6.07, 6.45) is 3.93. The van der Waals surface area contributed by atoms with Gasteiger partial charge in [0.25, 0.3) is 5.91 Å². The van der Waals surface area contributed by atoms with Gasteiger partial charge in [0, 0.05) is 5.69 Å². The van der Waals surface area contributed by atoms with E-state index in [4.69, 9.17) is 11.6 Å². The number of anilines is 1. The topological polar surface area (TPSA) is 75.3 Å². The molecule has 3 rings (SSSR count). The Kier molecular flexibility index (Phi) is 5.01. The van der Waals surface area contributed by atoms with E-state index in [1.807, 2.05) is 18.2 Å². The molecular weight excluding hydrogens is 360 g/mol. The number of halogens is 1. The van der Waals surface area contributed by atoms with Crippen molar-refractivity contribution in [2.24, 2.45) is 0 Å². The van der Waals surface area contributed by atoms with E-state index in [-0.39, 0.29) is 22.5 Å². The Morgan fingerprint density at radius 1 is 1.20 bits per heavy atom. The highest BCUT2D eigenvalue weighted by molar-refractivity contribution is 7.92. The number of hydrogen-bond donors (Lipinski definition) is 2. The number of nitrogens with one attached hydrogen (secondary N) is 2. The quantitative estimate of drug-likeness (QED) is 0.854. The van der Waals surface area contributed by atoms with Crippen LogP contribution in [0.2, 0.25) is 5.02 Å². The van der Waals surface area contributed by atoms with E-state index >= 15 is 0 Å². The van der Waals surface area contributed by atoms with E-state index in [0.717, 1.165) is 31.1 Å². The highest BCUT2D eigenvalue weighted by Gasteiger charge is 2.23. The van der Waals surface area contributed by atoms with Crippen LogP contribution in [0.5, 0.6) is 0 Å². The highest BCUT2D eigenvalue weighted by atomic mass is 35.5. The lowest BCUT2D eigenvalue weighted by molar-refractivity contribution is 0.0933. The first kappa shape index (κ1) is 17.8. The van der Waals surface area contributed by atoms with Crippen LogP contribution in [0, 0.1) is 0 Å². The Morgan fingerprint density at radius 2 is 1.96 bits per heavy atom. The lowest BCUT2D eigenvalue weighted by Gasteiger charge is -2.26. The van der Waals surface area contributed by atoms with Crippen molar-refractivity contribution in [2.75, 3.05) is 11.0 Å². The zero-order valence-electron chi connectivity index (χ0n) is 13.8. The number of fused-ring (bicyclic) bond motifs is 1. The molecule has 0 spiro atoms. The smallest absolute Gasteiger partial charge is 0.253 e. The molecule has 5 nitrogen and oxygen atoms in total. The van der Waals surface area contributed by atoms with E-state index in [1.165, 1.54) is 23.8 Å². The standard InChI is InChI=1S/C18H19ClN2O3S/c1-25(23,24)21-13-9-10-16(19)15(11-13)18(22)20-17-8-4-6-12-5-2-3-7-14(12)17/h2-3,5,7,9-11,17,21H,4,6,8H2,1H3,(H,20,22). The fourth-order valence-electron chi connectivity index (χ4n) is 3.12. The number of carbonyl (C=O) groups excluding carboxylic acids is 1. The summed E-state index contributed by atoms with van der Waals surface area (Å²) >= 11 is 6.14. The second-order valence-electron chi connectivity index (χ2n) is 6.19. The Morgan fingerprint density at radius 3 is 2.72 bits per heavy atom. The summed E-state index contributed by atoms with van der Waals surface area (Å²) < 4.78 is 25.1. The lowest BCUT2D eigenvalue weighted by Crippen LogP contribution is -2.31. The largest absolute Gasteiger partial charge is 0.345 e. The Balaban J connectivity index is 1.84. The van der Waals surface area contributed by atoms with Crippen LogP contribution in [-0.2, 0) is 16.4 Å². The van der Waals surface area contributed by atoms with Crippen LogP contribution in [0.15, 0.2) is 42.5 Å². The molecule has 1 amide bonds. The van der Waals surface area contributed by atoms with Crippen molar-refractivity contribution in [3.8, 4) is 0 Å². The van der Waals surface area contributed by atoms with Gasteiger partial charge in [-0.3, -0.25) is 9.52 Å². The summed E-state index contributed by atoms with van der Waals surface area (Å²) in [4.78, 5) is 12.7. The Labute approximate surface area is 152 Å². The third-order valence-electron chi connectivity index (χ3n) is 4.19. The van der Waals surface area contributed by atoms with E-state index in [0.29, 0.717) is 5.69 Å². The average molecular weight is 379 g/mol. The molecule has 1 atom stereocenters. The van der Waals surface area contributed by atoms with Crippen molar-refractivity contribution in [2.45, 2.75) is 25.3 Å². The molecule has 132 valence electrons. The number of aryl methyl sites for hydroxylation is 1. The monoisotopic (exact) mass is 378 g/mol. The molecule has 2 aromatic rings. The number of rotatable bonds is 4. The fourth-order valence-corrected chi connectivity index (χ4v) is 3.88. The van der Waals surface area contributed by atoms with Gasteiger partial charge < -0.3 is 5.32 Å². The third kappa shape index (κ3) is 4.32. The van der Waals surface area contributed by atoms with Gasteiger partial charge in [-0.25, -0.2) is 8.42 Å². The summed E-state index contributed by atoms with van der Waals surface area (Å²) in [5.41, 5.74) is 2.93. The first-order valence-corrected chi connectivity index (χ1v) is 10.3. The van der Waals surface area contributed by atoms with Gasteiger partial charge in [0.05, 0.1) is 22.9 Å². The minimum atomic E-state index is -3.42. The maximum absolute atomic E-state index is 12.7. The van der Waals surface area contributed by atoms with Crippen molar-refractivity contribution < 1.29 is 13.2 Å². The van der Waals surface area contributed by atoms with Crippen LogP contribution in [0.4, 0.5) is 5.69 Å². The van der Waals surface area contributed by atoms with E-state index in [9.17, 15) is 13.2 Å². The molecule has 0 bridgehead atoms. The molecule has 0 aromatic heterocycles. The van der Waals surface area contributed by atoms with Crippen LogP contribution < -0.4 is 10.0 Å². The normalized spacial score (nSPS) is 16.8. The maximum Gasteiger partial charge on any atom is 0.253 e. The minimum Gasteiger partial charge on any atom is -0.345 e. The van der Waals surface area contributed by atoms with Gasteiger partial charge in [-0.1, -0.05) is 35.9 Å². The summed E-state index contributed by atoms with van der Waals surface area (Å²) in [7, 11) is -3.42. The second-order valence-corrected chi connectivity index (χ2v) is 8.34. The minimum absolute atomic E-state index is 0.0694. The highest BCUT2D eigenvalue weighted by Crippen LogP contribution is 2.30. The molecule has 0 aliphatic heterocycles. The number of hydrogen-bond acceptors (Lipinski definition) is 3. The summed E-state index contributed by atoms with van der Waals surface area (Å²) in [6, 6.07) is 12.5. The average Bonchev–Trinajstić information content (AvgIpc) is 2.55. The van der Waals surface area contributed by atoms with Gasteiger partial charge in [0.15, 0.2) is 0 Å². The predicted molar refractivity (Wildman–Crippen MR) is 99.5 cm³/mol. The van der Waals surface area contributed by atoms with Gasteiger partial charge in [-0.15, -0.1) is 0 Å². The number of sulfonamides is 1. The molecule has 1 aliphatic carbocycles. The summed E-state index contributed by atoms with van der Waals surface area (Å²) in [6.45, 7) is 0. The molecule has 25 heavy (non-hydrogen) atoms. The molecular formula is C18H19ClN2O3S. The molecule has 2 aromatic carbocycles. The van der Waals surface area contributed by atoms with Gasteiger partial charge >= 0.3 is 0 Å². The molecule has 0 heterocycles. The maximum atomic E-state index is 12.7. The van der Waals surface area contributed by atoms with Crippen molar-refractivity contribution in [3.05, 3.63) is 64.2 Å². The van der Waals surface area contributed by atoms with Crippen molar-refractivity contribution in [3.63, 3.8) is 0 Å². The molecule has 0 saturated heterocycles. The fraction of sp³-hybridized carbons (Fsp3) is 0.278. The zero-order valence-corrected chi connectivity index (χ0v) is 15.3. The van der Waals surface area contributed by atoms with Crippen LogP contribution in [0.25, 0.3) is 0 Å². The van der Waals surface area contributed by atoms with E-state index in [1.54, 1.807) is 0 Å². The van der Waals surface area contributed by atoms with Crippen LogP contribution >= 0.6 is 11.6 Å². The Hall–Kier alpha value is -2.05. The van der Waals surface area contributed by atoms with Crippen LogP contribution in [0.3, 0.4) is 0 Å². The molecule has 2 N–H and O–H groups in total.